The Kier molecular flexibility index (Phi) is 4.59. The zero-order valence-electron chi connectivity index (χ0n) is 9.99. The van der Waals surface area contributed by atoms with E-state index < -0.39 is 10.0 Å². The minimum atomic E-state index is -3.04. The van der Waals surface area contributed by atoms with Crippen molar-refractivity contribution >= 4 is 10.0 Å². The first-order valence-corrected chi connectivity index (χ1v) is 7.44. The van der Waals surface area contributed by atoms with E-state index in [1.807, 2.05) is 0 Å². The van der Waals surface area contributed by atoms with Crippen molar-refractivity contribution in [3.8, 4) is 0 Å². The maximum atomic E-state index is 11.7. The topological polar surface area (TPSA) is 46.2 Å². The number of rotatable bonds is 3. The van der Waals surface area contributed by atoms with Crippen molar-refractivity contribution in [3.05, 3.63) is 0 Å². The highest BCUT2D eigenvalue weighted by Gasteiger charge is 2.28. The summed E-state index contributed by atoms with van der Waals surface area (Å²) in [5.74, 6) is 1.39. The van der Waals surface area contributed by atoms with E-state index in [1.54, 1.807) is 0 Å². The lowest BCUT2D eigenvalue weighted by atomic mass is 9.89. The summed E-state index contributed by atoms with van der Waals surface area (Å²) in [6.45, 7) is 4.47. The van der Waals surface area contributed by atoms with Gasteiger partial charge in [0.05, 0.1) is 5.25 Å². The van der Waals surface area contributed by atoms with Gasteiger partial charge >= 0.3 is 0 Å². The highest BCUT2D eigenvalue weighted by atomic mass is 32.2. The molecule has 1 aliphatic carbocycles. The summed E-state index contributed by atoms with van der Waals surface area (Å²) in [6.07, 6.45) is 4.95. The first-order chi connectivity index (χ1) is 6.97. The second-order valence-corrected chi connectivity index (χ2v) is 7.05. The van der Waals surface area contributed by atoms with E-state index in [1.165, 1.54) is 13.5 Å². The van der Waals surface area contributed by atoms with Crippen molar-refractivity contribution in [3.63, 3.8) is 0 Å². The van der Waals surface area contributed by atoms with Gasteiger partial charge in [-0.1, -0.05) is 26.7 Å². The second kappa shape index (κ2) is 5.30. The Balaban J connectivity index is 2.61. The highest BCUT2D eigenvalue weighted by Crippen LogP contribution is 2.30. The molecule has 0 aromatic carbocycles. The summed E-state index contributed by atoms with van der Waals surface area (Å²) < 4.78 is 25.8. The molecule has 90 valence electrons. The van der Waals surface area contributed by atoms with E-state index in [9.17, 15) is 8.42 Å². The predicted molar refractivity (Wildman–Crippen MR) is 63.2 cm³/mol. The number of nitrogens with one attached hydrogen (secondary N) is 1. The lowest BCUT2D eigenvalue weighted by Crippen LogP contribution is -2.31. The van der Waals surface area contributed by atoms with Crippen LogP contribution in [0.25, 0.3) is 0 Å². The van der Waals surface area contributed by atoms with Crippen LogP contribution in [0.5, 0.6) is 0 Å². The highest BCUT2D eigenvalue weighted by molar-refractivity contribution is 7.90. The number of sulfonamides is 1. The van der Waals surface area contributed by atoms with Crippen molar-refractivity contribution in [1.82, 2.24) is 4.72 Å². The Bertz CT molecular complexity index is 285. The van der Waals surface area contributed by atoms with Crippen LogP contribution in [0.3, 0.4) is 0 Å². The zero-order chi connectivity index (χ0) is 11.5. The Hall–Kier alpha value is -0.0900. The van der Waals surface area contributed by atoms with Crippen molar-refractivity contribution in [1.29, 1.82) is 0 Å². The minimum Gasteiger partial charge on any atom is -0.218 e. The third kappa shape index (κ3) is 3.45. The monoisotopic (exact) mass is 233 g/mol. The largest absolute Gasteiger partial charge is 0.218 e. The summed E-state index contributed by atoms with van der Waals surface area (Å²) in [4.78, 5) is 0. The van der Waals surface area contributed by atoms with Gasteiger partial charge in [0.1, 0.15) is 0 Å². The maximum Gasteiger partial charge on any atom is 0.214 e. The summed E-state index contributed by atoms with van der Waals surface area (Å²) in [7, 11) is -1.53. The van der Waals surface area contributed by atoms with Gasteiger partial charge in [0.2, 0.25) is 10.0 Å². The molecular weight excluding hydrogens is 210 g/mol. The third-order valence-corrected chi connectivity index (χ3v) is 5.54. The van der Waals surface area contributed by atoms with Gasteiger partial charge in [-0.2, -0.15) is 0 Å². The summed E-state index contributed by atoms with van der Waals surface area (Å²) in [5.41, 5.74) is 0. The predicted octanol–water partition coefficient (Wildman–Crippen LogP) is 2.14. The molecule has 4 heteroatoms. The van der Waals surface area contributed by atoms with Gasteiger partial charge < -0.3 is 0 Å². The quantitative estimate of drug-likeness (QED) is 0.759. The second-order valence-electron chi connectivity index (χ2n) is 4.88. The molecule has 3 nitrogen and oxygen atoms in total. The molecule has 1 N–H and O–H groups in total. The summed E-state index contributed by atoms with van der Waals surface area (Å²) in [6, 6.07) is 0. The average molecular weight is 233 g/mol. The van der Waals surface area contributed by atoms with Crippen LogP contribution in [0.4, 0.5) is 0 Å². The molecule has 0 bridgehead atoms. The molecule has 0 aromatic rings. The fourth-order valence-electron chi connectivity index (χ4n) is 2.44. The van der Waals surface area contributed by atoms with Crippen LogP contribution in [0.15, 0.2) is 0 Å². The Morgan fingerprint density at radius 3 is 2.33 bits per heavy atom. The molecule has 1 aliphatic rings. The zero-order valence-corrected chi connectivity index (χ0v) is 10.8. The van der Waals surface area contributed by atoms with Crippen LogP contribution >= 0.6 is 0 Å². The Morgan fingerprint density at radius 2 is 1.80 bits per heavy atom. The van der Waals surface area contributed by atoms with Crippen LogP contribution < -0.4 is 4.72 Å². The molecule has 0 aliphatic heterocycles. The van der Waals surface area contributed by atoms with Crippen LogP contribution in [0.1, 0.15) is 46.0 Å². The van der Waals surface area contributed by atoms with Crippen molar-refractivity contribution < 1.29 is 8.42 Å². The van der Waals surface area contributed by atoms with Crippen LogP contribution in [-0.4, -0.2) is 20.7 Å². The SMILES string of the molecule is CNS(=O)(=O)C1CCCC(C(C)C)CC1. The summed E-state index contributed by atoms with van der Waals surface area (Å²) >= 11 is 0. The third-order valence-electron chi connectivity index (χ3n) is 3.63. The van der Waals surface area contributed by atoms with Crippen molar-refractivity contribution in [2.75, 3.05) is 7.05 Å². The van der Waals surface area contributed by atoms with E-state index in [0.717, 1.165) is 25.7 Å². The van der Waals surface area contributed by atoms with E-state index in [2.05, 4.69) is 18.6 Å². The summed E-state index contributed by atoms with van der Waals surface area (Å²) in [5, 5.41) is -0.161. The fraction of sp³-hybridized carbons (Fsp3) is 1.00. The number of hydrogen-bond acceptors (Lipinski definition) is 2. The van der Waals surface area contributed by atoms with Gasteiger partial charge in [0.15, 0.2) is 0 Å². The van der Waals surface area contributed by atoms with Crippen LogP contribution in [0.2, 0.25) is 0 Å². The first kappa shape index (κ1) is 13.0. The smallest absolute Gasteiger partial charge is 0.214 e. The van der Waals surface area contributed by atoms with E-state index in [-0.39, 0.29) is 5.25 Å². The Morgan fingerprint density at radius 1 is 1.13 bits per heavy atom. The maximum absolute atomic E-state index is 11.7. The average Bonchev–Trinajstić information content (AvgIpc) is 2.43. The molecule has 1 rings (SSSR count). The molecule has 0 heterocycles. The van der Waals surface area contributed by atoms with E-state index in [4.69, 9.17) is 0 Å². The van der Waals surface area contributed by atoms with Crippen molar-refractivity contribution in [2.45, 2.75) is 51.2 Å². The minimum absolute atomic E-state index is 0.161. The number of hydrogen-bond donors (Lipinski definition) is 1. The van der Waals surface area contributed by atoms with Gasteiger partial charge in [-0.3, -0.25) is 0 Å². The molecular formula is C11H23NO2S. The molecule has 0 spiro atoms. The fourth-order valence-corrected chi connectivity index (χ4v) is 3.70. The molecule has 1 saturated carbocycles. The molecule has 1 fully saturated rings. The van der Waals surface area contributed by atoms with E-state index in [0.29, 0.717) is 11.8 Å². The molecule has 2 unspecified atom stereocenters. The lowest BCUT2D eigenvalue weighted by molar-refractivity contribution is 0.342. The standard InChI is InChI=1S/C11H23NO2S/c1-9(2)10-5-4-6-11(8-7-10)15(13,14)12-3/h9-12H,4-8H2,1-3H3. The van der Waals surface area contributed by atoms with E-state index >= 15 is 0 Å². The molecule has 0 amide bonds. The van der Waals surface area contributed by atoms with Gasteiger partial charge in [-0.25, -0.2) is 13.1 Å². The first-order valence-electron chi connectivity index (χ1n) is 5.89. The van der Waals surface area contributed by atoms with Gasteiger partial charge in [0, 0.05) is 0 Å². The van der Waals surface area contributed by atoms with Gasteiger partial charge in [0.25, 0.3) is 0 Å². The Labute approximate surface area is 93.7 Å². The molecule has 0 radical (unpaired) electrons. The van der Waals surface area contributed by atoms with Crippen molar-refractivity contribution in [2.24, 2.45) is 11.8 Å². The molecule has 0 saturated heterocycles. The van der Waals surface area contributed by atoms with Gasteiger partial charge in [-0.05, 0) is 38.1 Å². The molecule has 2 atom stereocenters. The molecule has 0 aromatic heterocycles. The van der Waals surface area contributed by atoms with Crippen LogP contribution in [-0.2, 0) is 10.0 Å². The van der Waals surface area contributed by atoms with Crippen LogP contribution in [0, 0.1) is 11.8 Å². The normalized spacial score (nSPS) is 29.1. The van der Waals surface area contributed by atoms with Gasteiger partial charge in [-0.15, -0.1) is 0 Å². The molecule has 15 heavy (non-hydrogen) atoms. The lowest BCUT2D eigenvalue weighted by Gasteiger charge is -2.18.